The Hall–Kier alpha value is -1.61. The smallest absolute Gasteiger partial charge is 0.189 e. The number of hydrogen-bond donors (Lipinski definition) is 0. The molecule has 0 saturated heterocycles. The highest BCUT2D eigenvalue weighted by Crippen LogP contribution is 2.14. The zero-order valence-electron chi connectivity index (χ0n) is 10.7. The molecule has 3 nitrogen and oxygen atoms in total. The summed E-state index contributed by atoms with van der Waals surface area (Å²) >= 11 is 0. The number of ketones is 1. The van der Waals surface area contributed by atoms with Crippen molar-refractivity contribution in [2.45, 2.75) is 6.92 Å². The van der Waals surface area contributed by atoms with Gasteiger partial charge < -0.3 is 9.64 Å². The number of benzene rings is 1. The van der Waals surface area contributed by atoms with Gasteiger partial charge in [0.25, 0.3) is 0 Å². The molecule has 0 spiro atoms. The SMILES string of the molecule is C=C(CN(C)C)C(=O)c1ccc(OCC)cc1. The van der Waals surface area contributed by atoms with Gasteiger partial charge in [-0.2, -0.15) is 0 Å². The number of carbonyl (C=O) groups is 1. The minimum Gasteiger partial charge on any atom is -0.494 e. The maximum Gasteiger partial charge on any atom is 0.189 e. The van der Waals surface area contributed by atoms with E-state index in [2.05, 4.69) is 6.58 Å². The van der Waals surface area contributed by atoms with Crippen LogP contribution < -0.4 is 4.74 Å². The quantitative estimate of drug-likeness (QED) is 0.558. The van der Waals surface area contributed by atoms with Gasteiger partial charge in [-0.15, -0.1) is 0 Å². The highest BCUT2D eigenvalue weighted by molar-refractivity contribution is 6.08. The molecule has 17 heavy (non-hydrogen) atoms. The van der Waals surface area contributed by atoms with Crippen molar-refractivity contribution in [3.05, 3.63) is 42.0 Å². The molecule has 0 fully saturated rings. The molecular weight excluding hydrogens is 214 g/mol. The summed E-state index contributed by atoms with van der Waals surface area (Å²) in [4.78, 5) is 13.9. The zero-order valence-corrected chi connectivity index (χ0v) is 10.7. The molecule has 0 aliphatic rings. The Balaban J connectivity index is 2.72. The van der Waals surface area contributed by atoms with E-state index in [4.69, 9.17) is 4.74 Å². The summed E-state index contributed by atoms with van der Waals surface area (Å²) in [5, 5.41) is 0. The minimum atomic E-state index is -0.0123. The molecule has 0 heterocycles. The Kier molecular flexibility index (Phi) is 4.91. The van der Waals surface area contributed by atoms with Crippen LogP contribution in [0.2, 0.25) is 0 Å². The number of Topliss-reactive ketones (excluding diaryl/α,β-unsaturated/α-hetero) is 1. The second kappa shape index (κ2) is 6.21. The maximum absolute atomic E-state index is 12.0. The Bertz CT molecular complexity index is 393. The van der Waals surface area contributed by atoms with E-state index in [-0.39, 0.29) is 5.78 Å². The number of likely N-dealkylation sites (N-methyl/N-ethyl adjacent to an activating group) is 1. The van der Waals surface area contributed by atoms with Gasteiger partial charge in [0.1, 0.15) is 5.75 Å². The largest absolute Gasteiger partial charge is 0.494 e. The van der Waals surface area contributed by atoms with Gasteiger partial charge in [0.2, 0.25) is 0 Å². The van der Waals surface area contributed by atoms with Gasteiger partial charge in [-0.3, -0.25) is 4.79 Å². The molecule has 0 bridgehead atoms. The van der Waals surface area contributed by atoms with E-state index in [1.54, 1.807) is 24.3 Å². The van der Waals surface area contributed by atoms with Crippen molar-refractivity contribution in [3.63, 3.8) is 0 Å². The van der Waals surface area contributed by atoms with Crippen LogP contribution in [-0.2, 0) is 0 Å². The van der Waals surface area contributed by atoms with E-state index in [1.807, 2.05) is 25.9 Å². The fourth-order valence-electron chi connectivity index (χ4n) is 1.53. The number of ether oxygens (including phenoxy) is 1. The molecule has 1 aromatic carbocycles. The zero-order chi connectivity index (χ0) is 12.8. The third-order valence-electron chi connectivity index (χ3n) is 2.26. The molecule has 0 aliphatic carbocycles. The van der Waals surface area contributed by atoms with Crippen LogP contribution in [-0.4, -0.2) is 37.9 Å². The molecule has 0 saturated carbocycles. The highest BCUT2D eigenvalue weighted by Gasteiger charge is 2.10. The molecule has 0 atom stereocenters. The lowest BCUT2D eigenvalue weighted by atomic mass is 10.0. The predicted octanol–water partition coefficient (Wildman–Crippen LogP) is 2.39. The molecular formula is C14H19NO2. The monoisotopic (exact) mass is 233 g/mol. The van der Waals surface area contributed by atoms with Crippen LogP contribution in [0.3, 0.4) is 0 Å². The maximum atomic E-state index is 12.0. The third kappa shape index (κ3) is 4.04. The van der Waals surface area contributed by atoms with Crippen LogP contribution in [0.4, 0.5) is 0 Å². The van der Waals surface area contributed by atoms with Crippen LogP contribution in [0.25, 0.3) is 0 Å². The summed E-state index contributed by atoms with van der Waals surface area (Å²) in [5.74, 6) is 0.768. The molecule has 0 N–H and O–H groups in total. The van der Waals surface area contributed by atoms with Crippen molar-refractivity contribution in [1.29, 1.82) is 0 Å². The predicted molar refractivity (Wildman–Crippen MR) is 69.6 cm³/mol. The van der Waals surface area contributed by atoms with E-state index in [9.17, 15) is 4.79 Å². The first kappa shape index (κ1) is 13.5. The first-order valence-corrected chi connectivity index (χ1v) is 5.64. The van der Waals surface area contributed by atoms with E-state index < -0.39 is 0 Å². The van der Waals surface area contributed by atoms with Crippen LogP contribution in [0.15, 0.2) is 36.4 Å². The molecule has 0 amide bonds. The molecule has 1 rings (SSSR count). The van der Waals surface area contributed by atoms with Gasteiger partial charge >= 0.3 is 0 Å². The first-order valence-electron chi connectivity index (χ1n) is 5.64. The molecule has 0 aliphatic heterocycles. The van der Waals surface area contributed by atoms with Gasteiger partial charge in [-0.05, 0) is 45.3 Å². The van der Waals surface area contributed by atoms with E-state index in [0.717, 1.165) is 5.75 Å². The first-order chi connectivity index (χ1) is 8.04. The minimum absolute atomic E-state index is 0.0123. The lowest BCUT2D eigenvalue weighted by Crippen LogP contribution is -2.19. The molecule has 0 aromatic heterocycles. The van der Waals surface area contributed by atoms with E-state index in [0.29, 0.717) is 24.3 Å². The van der Waals surface area contributed by atoms with Crippen molar-refractivity contribution in [2.24, 2.45) is 0 Å². The van der Waals surface area contributed by atoms with Gasteiger partial charge in [0.15, 0.2) is 5.78 Å². The van der Waals surface area contributed by atoms with Crippen molar-refractivity contribution in [2.75, 3.05) is 27.2 Å². The Morgan fingerprint density at radius 3 is 2.35 bits per heavy atom. The number of hydrogen-bond acceptors (Lipinski definition) is 3. The lowest BCUT2D eigenvalue weighted by molar-refractivity contribution is 0.102. The van der Waals surface area contributed by atoms with Gasteiger partial charge in [-0.1, -0.05) is 6.58 Å². The van der Waals surface area contributed by atoms with Crippen LogP contribution in [0.5, 0.6) is 5.75 Å². The summed E-state index contributed by atoms with van der Waals surface area (Å²) in [7, 11) is 3.83. The fraction of sp³-hybridized carbons (Fsp3) is 0.357. The van der Waals surface area contributed by atoms with Gasteiger partial charge in [0, 0.05) is 17.7 Å². The second-order valence-corrected chi connectivity index (χ2v) is 4.13. The Morgan fingerprint density at radius 1 is 1.29 bits per heavy atom. The summed E-state index contributed by atoms with van der Waals surface area (Å²) < 4.78 is 5.32. The summed E-state index contributed by atoms with van der Waals surface area (Å²) in [5.41, 5.74) is 1.25. The fourth-order valence-corrected chi connectivity index (χ4v) is 1.53. The average Bonchev–Trinajstić information content (AvgIpc) is 2.28. The summed E-state index contributed by atoms with van der Waals surface area (Å²) in [6.07, 6.45) is 0. The van der Waals surface area contributed by atoms with Crippen molar-refractivity contribution in [3.8, 4) is 5.75 Å². The molecule has 1 aromatic rings. The van der Waals surface area contributed by atoms with Gasteiger partial charge in [0.05, 0.1) is 6.61 Å². The normalized spacial score (nSPS) is 10.4. The van der Waals surface area contributed by atoms with Crippen molar-refractivity contribution >= 4 is 5.78 Å². The molecule has 0 radical (unpaired) electrons. The highest BCUT2D eigenvalue weighted by atomic mass is 16.5. The van der Waals surface area contributed by atoms with E-state index in [1.165, 1.54) is 0 Å². The van der Waals surface area contributed by atoms with Crippen LogP contribution in [0.1, 0.15) is 17.3 Å². The Morgan fingerprint density at radius 2 is 1.88 bits per heavy atom. The van der Waals surface area contributed by atoms with Gasteiger partial charge in [-0.25, -0.2) is 0 Å². The molecule has 0 unspecified atom stereocenters. The summed E-state index contributed by atoms with van der Waals surface area (Å²) in [6.45, 7) is 6.94. The lowest BCUT2D eigenvalue weighted by Gasteiger charge is -2.11. The molecule has 92 valence electrons. The Labute approximate surface area is 103 Å². The number of carbonyl (C=O) groups excluding carboxylic acids is 1. The van der Waals surface area contributed by atoms with Crippen molar-refractivity contribution in [1.82, 2.24) is 4.90 Å². The topological polar surface area (TPSA) is 29.5 Å². The molecule has 3 heteroatoms. The number of rotatable bonds is 6. The van der Waals surface area contributed by atoms with Crippen LogP contribution in [0, 0.1) is 0 Å². The number of nitrogens with zero attached hydrogens (tertiary/aromatic N) is 1. The average molecular weight is 233 g/mol. The third-order valence-corrected chi connectivity index (χ3v) is 2.26. The second-order valence-electron chi connectivity index (χ2n) is 4.13. The van der Waals surface area contributed by atoms with E-state index >= 15 is 0 Å². The van der Waals surface area contributed by atoms with Crippen molar-refractivity contribution < 1.29 is 9.53 Å². The standard InChI is InChI=1S/C14H19NO2/c1-5-17-13-8-6-12(7-9-13)14(16)11(2)10-15(3)4/h6-9H,2,5,10H2,1,3-4H3. The summed E-state index contributed by atoms with van der Waals surface area (Å²) in [6, 6.07) is 7.15. The van der Waals surface area contributed by atoms with Crippen LogP contribution >= 0.6 is 0 Å².